The van der Waals surface area contributed by atoms with Gasteiger partial charge in [0.15, 0.2) is 0 Å². The van der Waals surface area contributed by atoms with Crippen LogP contribution in [0.3, 0.4) is 0 Å². The van der Waals surface area contributed by atoms with E-state index in [2.05, 4.69) is 15.3 Å². The van der Waals surface area contributed by atoms with Crippen molar-refractivity contribution in [1.82, 2.24) is 15.3 Å². The zero-order chi connectivity index (χ0) is 14.6. The van der Waals surface area contributed by atoms with E-state index in [-0.39, 0.29) is 5.92 Å². The van der Waals surface area contributed by atoms with Crippen LogP contribution in [0.4, 0.5) is 0 Å². The van der Waals surface area contributed by atoms with Crippen LogP contribution in [0.1, 0.15) is 55.0 Å². The molecule has 0 unspecified atom stereocenters. The fourth-order valence-electron chi connectivity index (χ4n) is 1.68. The van der Waals surface area contributed by atoms with Gasteiger partial charge in [0.05, 0.1) is 11.3 Å². The van der Waals surface area contributed by atoms with E-state index in [0.717, 1.165) is 0 Å². The molecule has 1 rings (SSSR count). The summed E-state index contributed by atoms with van der Waals surface area (Å²) < 4.78 is 0. The number of carbonyl (C=O) groups is 2. The third-order valence-corrected chi connectivity index (χ3v) is 2.74. The molecule has 0 saturated heterocycles. The molecule has 0 aromatic carbocycles. The lowest BCUT2D eigenvalue weighted by atomic mass is 10.0. The van der Waals surface area contributed by atoms with Gasteiger partial charge in [-0.3, -0.25) is 4.79 Å². The predicted octanol–water partition coefficient (Wildman–Crippen LogP) is 1.50. The van der Waals surface area contributed by atoms with Gasteiger partial charge >= 0.3 is 5.97 Å². The lowest BCUT2D eigenvalue weighted by Crippen LogP contribution is -2.40. The monoisotopic (exact) mass is 265 g/mol. The first-order valence-electron chi connectivity index (χ1n) is 6.24. The molecule has 0 aliphatic carbocycles. The number of aromatic nitrogens is 2. The molecule has 1 atom stereocenters. The quantitative estimate of drug-likeness (QED) is 0.841. The van der Waals surface area contributed by atoms with E-state index >= 15 is 0 Å². The van der Waals surface area contributed by atoms with Crippen LogP contribution in [0, 0.1) is 6.92 Å². The van der Waals surface area contributed by atoms with Gasteiger partial charge < -0.3 is 10.4 Å². The Kier molecular flexibility index (Phi) is 4.97. The molecular formula is C13H19N3O3. The summed E-state index contributed by atoms with van der Waals surface area (Å²) in [5.74, 6) is -0.842. The summed E-state index contributed by atoms with van der Waals surface area (Å²) in [5, 5.41) is 11.4. The van der Waals surface area contributed by atoms with Gasteiger partial charge in [0.2, 0.25) is 0 Å². The van der Waals surface area contributed by atoms with Crippen molar-refractivity contribution in [2.75, 3.05) is 0 Å². The van der Waals surface area contributed by atoms with Crippen molar-refractivity contribution >= 4 is 11.9 Å². The van der Waals surface area contributed by atoms with E-state index in [9.17, 15) is 9.59 Å². The van der Waals surface area contributed by atoms with Gasteiger partial charge in [-0.1, -0.05) is 20.8 Å². The molecule has 19 heavy (non-hydrogen) atoms. The standard InChI is InChI=1S/C13H19N3O3/c1-5-10(13(18)19)16-12(17)9-6-14-8(4)15-11(9)7(2)3/h6-7,10H,5H2,1-4H3,(H,16,17)(H,18,19)/t10-/m1/s1. The predicted molar refractivity (Wildman–Crippen MR) is 70.0 cm³/mol. The molecule has 0 aliphatic rings. The van der Waals surface area contributed by atoms with Gasteiger partial charge in [-0.05, 0) is 19.3 Å². The molecule has 1 aromatic heterocycles. The molecular weight excluding hydrogens is 246 g/mol. The SMILES string of the molecule is CC[C@@H](NC(=O)c1cnc(C)nc1C(C)C)C(=O)O. The van der Waals surface area contributed by atoms with E-state index in [1.54, 1.807) is 13.8 Å². The van der Waals surface area contributed by atoms with E-state index in [0.29, 0.717) is 23.5 Å². The molecule has 2 N–H and O–H groups in total. The van der Waals surface area contributed by atoms with E-state index in [1.807, 2.05) is 13.8 Å². The number of carboxylic acid groups (broad SMARTS) is 1. The first-order valence-corrected chi connectivity index (χ1v) is 6.24. The molecule has 0 radical (unpaired) electrons. The van der Waals surface area contributed by atoms with Crippen molar-refractivity contribution in [3.63, 3.8) is 0 Å². The van der Waals surface area contributed by atoms with Gasteiger partial charge in [-0.25, -0.2) is 14.8 Å². The molecule has 1 aromatic rings. The molecule has 104 valence electrons. The van der Waals surface area contributed by atoms with Crippen molar-refractivity contribution in [3.8, 4) is 0 Å². The van der Waals surface area contributed by atoms with Crippen molar-refractivity contribution in [2.24, 2.45) is 0 Å². The molecule has 1 amide bonds. The van der Waals surface area contributed by atoms with Gasteiger partial charge in [-0.15, -0.1) is 0 Å². The van der Waals surface area contributed by atoms with Crippen molar-refractivity contribution < 1.29 is 14.7 Å². The molecule has 0 aliphatic heterocycles. The van der Waals surface area contributed by atoms with E-state index in [4.69, 9.17) is 5.11 Å². The van der Waals surface area contributed by atoms with Crippen LogP contribution in [0.25, 0.3) is 0 Å². The zero-order valence-corrected chi connectivity index (χ0v) is 11.6. The van der Waals surface area contributed by atoms with Gasteiger partial charge in [0.25, 0.3) is 5.91 Å². The highest BCUT2D eigenvalue weighted by Gasteiger charge is 2.22. The average molecular weight is 265 g/mol. The topological polar surface area (TPSA) is 92.2 Å². The Balaban J connectivity index is 3.02. The lowest BCUT2D eigenvalue weighted by molar-refractivity contribution is -0.139. The summed E-state index contributed by atoms with van der Waals surface area (Å²) in [4.78, 5) is 31.3. The summed E-state index contributed by atoms with van der Waals surface area (Å²) in [6.07, 6.45) is 1.77. The maximum absolute atomic E-state index is 12.1. The van der Waals surface area contributed by atoms with Crippen LogP contribution in [-0.2, 0) is 4.79 Å². The Bertz CT molecular complexity index is 486. The average Bonchev–Trinajstić information content (AvgIpc) is 2.34. The fraction of sp³-hybridized carbons (Fsp3) is 0.538. The highest BCUT2D eigenvalue weighted by atomic mass is 16.4. The fourth-order valence-corrected chi connectivity index (χ4v) is 1.68. The molecule has 0 bridgehead atoms. The van der Waals surface area contributed by atoms with Gasteiger partial charge in [-0.2, -0.15) is 0 Å². The van der Waals surface area contributed by atoms with Crippen LogP contribution in [0.5, 0.6) is 0 Å². The van der Waals surface area contributed by atoms with Crippen molar-refractivity contribution in [3.05, 3.63) is 23.3 Å². The summed E-state index contributed by atoms with van der Waals surface area (Å²) in [7, 11) is 0. The van der Waals surface area contributed by atoms with Crippen LogP contribution in [-0.4, -0.2) is 33.0 Å². The Morgan fingerprint density at radius 2 is 2.05 bits per heavy atom. The Morgan fingerprint density at radius 3 is 2.53 bits per heavy atom. The molecule has 6 heteroatoms. The highest BCUT2D eigenvalue weighted by molar-refractivity contribution is 5.97. The minimum absolute atomic E-state index is 0.0624. The Hall–Kier alpha value is -1.98. The number of carboxylic acids is 1. The lowest BCUT2D eigenvalue weighted by Gasteiger charge is -2.15. The number of hydrogen-bond acceptors (Lipinski definition) is 4. The number of carbonyl (C=O) groups excluding carboxylic acids is 1. The molecule has 0 fully saturated rings. The highest BCUT2D eigenvalue weighted by Crippen LogP contribution is 2.16. The first-order chi connectivity index (χ1) is 8.86. The number of aryl methyl sites for hydroxylation is 1. The summed E-state index contributed by atoms with van der Waals surface area (Å²) in [5.41, 5.74) is 0.963. The first kappa shape index (κ1) is 15.1. The second-order valence-electron chi connectivity index (χ2n) is 4.64. The van der Waals surface area contributed by atoms with Gasteiger partial charge in [0, 0.05) is 6.20 Å². The van der Waals surface area contributed by atoms with Gasteiger partial charge in [0.1, 0.15) is 11.9 Å². The summed E-state index contributed by atoms with van der Waals surface area (Å²) >= 11 is 0. The van der Waals surface area contributed by atoms with E-state index < -0.39 is 17.9 Å². The largest absolute Gasteiger partial charge is 0.480 e. The Labute approximate surface area is 112 Å². The zero-order valence-electron chi connectivity index (χ0n) is 11.6. The smallest absolute Gasteiger partial charge is 0.326 e. The maximum Gasteiger partial charge on any atom is 0.326 e. The second kappa shape index (κ2) is 6.26. The number of amides is 1. The number of aliphatic carboxylic acids is 1. The summed E-state index contributed by atoms with van der Waals surface area (Å²) in [6.45, 7) is 7.30. The normalized spacial score (nSPS) is 12.3. The van der Waals surface area contributed by atoms with Crippen molar-refractivity contribution in [1.29, 1.82) is 0 Å². The minimum atomic E-state index is -1.05. The summed E-state index contributed by atoms with van der Waals surface area (Å²) in [6, 6.07) is -0.895. The third-order valence-electron chi connectivity index (χ3n) is 2.74. The maximum atomic E-state index is 12.1. The number of hydrogen-bond donors (Lipinski definition) is 2. The third kappa shape index (κ3) is 3.74. The van der Waals surface area contributed by atoms with E-state index in [1.165, 1.54) is 6.20 Å². The van der Waals surface area contributed by atoms with Crippen LogP contribution < -0.4 is 5.32 Å². The molecule has 0 spiro atoms. The second-order valence-corrected chi connectivity index (χ2v) is 4.64. The minimum Gasteiger partial charge on any atom is -0.480 e. The number of nitrogens with zero attached hydrogens (tertiary/aromatic N) is 2. The number of nitrogens with one attached hydrogen (secondary N) is 1. The molecule has 0 saturated carbocycles. The van der Waals surface area contributed by atoms with Crippen LogP contribution >= 0.6 is 0 Å². The Morgan fingerprint density at radius 1 is 1.42 bits per heavy atom. The molecule has 1 heterocycles. The number of rotatable bonds is 5. The molecule has 6 nitrogen and oxygen atoms in total. The van der Waals surface area contributed by atoms with Crippen LogP contribution in [0.15, 0.2) is 6.20 Å². The van der Waals surface area contributed by atoms with Crippen LogP contribution in [0.2, 0.25) is 0 Å². The van der Waals surface area contributed by atoms with Crippen molar-refractivity contribution in [2.45, 2.75) is 46.1 Å².